The van der Waals surface area contributed by atoms with Crippen LogP contribution in [0.15, 0.2) is 16.7 Å². The number of nitrogens with one attached hydrogen (secondary N) is 1. The maximum absolute atomic E-state index is 12.0. The molecule has 2 rings (SSSR count). The molecule has 0 aromatic carbocycles. The van der Waals surface area contributed by atoms with Gasteiger partial charge >= 0.3 is 0 Å². The van der Waals surface area contributed by atoms with E-state index < -0.39 is 0 Å². The zero-order chi connectivity index (χ0) is 12.3. The Morgan fingerprint density at radius 1 is 1.65 bits per heavy atom. The Hall–Kier alpha value is -1.33. The van der Waals surface area contributed by atoms with E-state index in [1.807, 2.05) is 6.92 Å². The topological polar surface area (TPSA) is 54.7 Å². The van der Waals surface area contributed by atoms with Crippen LogP contribution in [0, 0.1) is 6.92 Å². The number of furan rings is 1. The van der Waals surface area contributed by atoms with Crippen molar-refractivity contribution in [2.24, 2.45) is 0 Å². The van der Waals surface area contributed by atoms with Crippen molar-refractivity contribution in [3.63, 3.8) is 0 Å². The first-order chi connectivity index (χ1) is 8.16. The van der Waals surface area contributed by atoms with Gasteiger partial charge in [-0.1, -0.05) is 0 Å². The van der Waals surface area contributed by atoms with Crippen LogP contribution in [-0.2, 0) is 4.74 Å². The summed E-state index contributed by atoms with van der Waals surface area (Å²) < 4.78 is 10.7. The molecule has 1 unspecified atom stereocenters. The second kappa shape index (κ2) is 5.33. The molecule has 1 N–H and O–H groups in total. The summed E-state index contributed by atoms with van der Waals surface area (Å²) in [6, 6.07) is 1.75. The molecule has 0 radical (unpaired) electrons. The molecule has 1 saturated heterocycles. The fourth-order valence-corrected chi connectivity index (χ4v) is 1.90. The Labute approximate surface area is 101 Å². The molecular formula is C12H18N2O3. The lowest BCUT2D eigenvalue weighted by molar-refractivity contribution is 0.0103. The first-order valence-corrected chi connectivity index (χ1v) is 5.80. The van der Waals surface area contributed by atoms with Gasteiger partial charge in [0.2, 0.25) is 0 Å². The monoisotopic (exact) mass is 238 g/mol. The second-order valence-electron chi connectivity index (χ2n) is 4.33. The van der Waals surface area contributed by atoms with E-state index in [-0.39, 0.29) is 12.0 Å². The zero-order valence-electron chi connectivity index (χ0n) is 10.2. The highest BCUT2D eigenvalue weighted by molar-refractivity contribution is 5.93. The zero-order valence-corrected chi connectivity index (χ0v) is 10.2. The average molecular weight is 238 g/mol. The summed E-state index contributed by atoms with van der Waals surface area (Å²) in [6.07, 6.45) is 1.57. The third-order valence-corrected chi connectivity index (χ3v) is 2.81. The molecule has 5 heteroatoms. The Morgan fingerprint density at radius 3 is 3.06 bits per heavy atom. The fourth-order valence-electron chi connectivity index (χ4n) is 1.90. The van der Waals surface area contributed by atoms with E-state index in [1.54, 1.807) is 18.0 Å². The Bertz CT molecular complexity index is 383. The highest BCUT2D eigenvalue weighted by atomic mass is 16.5. The lowest BCUT2D eigenvalue weighted by Gasteiger charge is -2.27. The fraction of sp³-hybridized carbons (Fsp3) is 0.583. The summed E-state index contributed by atoms with van der Waals surface area (Å²) in [7, 11) is 1.78. The van der Waals surface area contributed by atoms with Crippen molar-refractivity contribution in [1.82, 2.24) is 10.2 Å². The Morgan fingerprint density at radius 2 is 2.47 bits per heavy atom. The molecule has 1 amide bonds. The molecule has 2 heterocycles. The van der Waals surface area contributed by atoms with E-state index in [2.05, 4.69) is 5.32 Å². The number of carbonyl (C=O) groups is 1. The summed E-state index contributed by atoms with van der Waals surface area (Å²) in [4.78, 5) is 13.7. The van der Waals surface area contributed by atoms with Gasteiger partial charge in [0.1, 0.15) is 12.0 Å². The molecule has 0 aliphatic carbocycles. The number of nitrogens with zero attached hydrogens (tertiary/aromatic N) is 1. The van der Waals surface area contributed by atoms with Crippen LogP contribution < -0.4 is 5.32 Å². The van der Waals surface area contributed by atoms with Gasteiger partial charge in [-0.25, -0.2) is 0 Å². The number of hydrogen-bond donors (Lipinski definition) is 1. The third kappa shape index (κ3) is 3.08. The van der Waals surface area contributed by atoms with Crippen molar-refractivity contribution in [1.29, 1.82) is 0 Å². The SMILES string of the molecule is Cc1cc(C(=O)N(C)CC2CNCCO2)co1. The van der Waals surface area contributed by atoms with Gasteiger partial charge in [-0.05, 0) is 13.0 Å². The van der Waals surface area contributed by atoms with E-state index in [1.165, 1.54) is 6.26 Å². The van der Waals surface area contributed by atoms with Gasteiger partial charge in [-0.2, -0.15) is 0 Å². The molecule has 5 nitrogen and oxygen atoms in total. The molecule has 1 aliphatic rings. The smallest absolute Gasteiger partial charge is 0.256 e. The van der Waals surface area contributed by atoms with E-state index >= 15 is 0 Å². The summed E-state index contributed by atoms with van der Waals surface area (Å²) in [5.41, 5.74) is 0.591. The molecule has 1 aromatic heterocycles. The number of rotatable bonds is 3. The van der Waals surface area contributed by atoms with Crippen molar-refractivity contribution in [3.05, 3.63) is 23.7 Å². The highest BCUT2D eigenvalue weighted by Crippen LogP contribution is 2.10. The van der Waals surface area contributed by atoms with Crippen LogP contribution in [0.4, 0.5) is 0 Å². The summed E-state index contributed by atoms with van der Waals surface area (Å²) in [5, 5.41) is 3.24. The minimum absolute atomic E-state index is 0.0315. The standard InChI is InChI=1S/C12H18N2O3/c1-9-5-10(8-17-9)12(15)14(2)7-11-6-13-3-4-16-11/h5,8,11,13H,3-4,6-7H2,1-2H3. The molecule has 1 atom stereocenters. The number of hydrogen-bond acceptors (Lipinski definition) is 4. The van der Waals surface area contributed by atoms with E-state index in [9.17, 15) is 4.79 Å². The summed E-state index contributed by atoms with van der Waals surface area (Å²) in [6.45, 7) is 4.80. The van der Waals surface area contributed by atoms with E-state index in [4.69, 9.17) is 9.15 Å². The molecular weight excluding hydrogens is 220 g/mol. The number of carbonyl (C=O) groups excluding carboxylic acids is 1. The van der Waals surface area contributed by atoms with Gasteiger partial charge in [-0.3, -0.25) is 4.79 Å². The molecule has 1 fully saturated rings. The van der Waals surface area contributed by atoms with Crippen LogP contribution in [0.3, 0.4) is 0 Å². The average Bonchev–Trinajstić information content (AvgIpc) is 2.76. The van der Waals surface area contributed by atoms with Gasteiger partial charge < -0.3 is 19.4 Å². The van der Waals surface area contributed by atoms with E-state index in [0.29, 0.717) is 18.7 Å². The van der Waals surface area contributed by atoms with Gasteiger partial charge in [0.25, 0.3) is 5.91 Å². The normalized spacial score (nSPS) is 20.2. The van der Waals surface area contributed by atoms with Crippen molar-refractivity contribution >= 4 is 5.91 Å². The number of morpholine rings is 1. The van der Waals surface area contributed by atoms with Gasteiger partial charge in [-0.15, -0.1) is 0 Å². The molecule has 94 valence electrons. The van der Waals surface area contributed by atoms with Gasteiger partial charge in [0.05, 0.1) is 18.3 Å². The third-order valence-electron chi connectivity index (χ3n) is 2.81. The van der Waals surface area contributed by atoms with Gasteiger partial charge in [0, 0.05) is 26.7 Å². The first-order valence-electron chi connectivity index (χ1n) is 5.80. The maximum Gasteiger partial charge on any atom is 0.256 e. The van der Waals surface area contributed by atoms with Crippen LogP contribution in [0.1, 0.15) is 16.1 Å². The first kappa shape index (κ1) is 12.1. The largest absolute Gasteiger partial charge is 0.469 e. The maximum atomic E-state index is 12.0. The number of amides is 1. The van der Waals surface area contributed by atoms with Crippen LogP contribution in [0.5, 0.6) is 0 Å². The predicted molar refractivity (Wildman–Crippen MR) is 63.0 cm³/mol. The minimum atomic E-state index is -0.0315. The lowest BCUT2D eigenvalue weighted by Crippen LogP contribution is -2.45. The minimum Gasteiger partial charge on any atom is -0.469 e. The van der Waals surface area contributed by atoms with E-state index in [0.717, 1.165) is 18.8 Å². The number of likely N-dealkylation sites (N-methyl/N-ethyl adjacent to an activating group) is 1. The van der Waals surface area contributed by atoms with Crippen LogP contribution in [0.25, 0.3) is 0 Å². The van der Waals surface area contributed by atoms with Gasteiger partial charge in [0.15, 0.2) is 0 Å². The molecule has 0 saturated carbocycles. The quantitative estimate of drug-likeness (QED) is 0.840. The summed E-state index contributed by atoms with van der Waals surface area (Å²) in [5.74, 6) is 0.716. The molecule has 0 spiro atoms. The summed E-state index contributed by atoms with van der Waals surface area (Å²) >= 11 is 0. The Kier molecular flexibility index (Phi) is 3.81. The second-order valence-corrected chi connectivity index (χ2v) is 4.33. The number of ether oxygens (including phenoxy) is 1. The Balaban J connectivity index is 1.90. The van der Waals surface area contributed by atoms with Crippen molar-refractivity contribution in [3.8, 4) is 0 Å². The molecule has 17 heavy (non-hydrogen) atoms. The molecule has 1 aromatic rings. The van der Waals surface area contributed by atoms with Crippen LogP contribution in [0.2, 0.25) is 0 Å². The lowest BCUT2D eigenvalue weighted by atomic mass is 10.2. The number of aryl methyl sites for hydroxylation is 1. The molecule has 0 bridgehead atoms. The van der Waals surface area contributed by atoms with Crippen molar-refractivity contribution < 1.29 is 13.9 Å². The van der Waals surface area contributed by atoms with Crippen LogP contribution in [-0.4, -0.2) is 50.2 Å². The van der Waals surface area contributed by atoms with Crippen molar-refractivity contribution in [2.75, 3.05) is 33.3 Å². The van der Waals surface area contributed by atoms with Crippen LogP contribution >= 0.6 is 0 Å². The van der Waals surface area contributed by atoms with Crippen molar-refractivity contribution in [2.45, 2.75) is 13.0 Å². The highest BCUT2D eigenvalue weighted by Gasteiger charge is 2.20. The predicted octanol–water partition coefficient (Wildman–Crippen LogP) is 0.648. The molecule has 1 aliphatic heterocycles.